The first kappa shape index (κ1) is 21.3. The van der Waals surface area contributed by atoms with Crippen molar-refractivity contribution in [1.82, 2.24) is 25.3 Å². The Kier molecular flexibility index (Phi) is 6.00. The van der Waals surface area contributed by atoms with Gasteiger partial charge in [-0.2, -0.15) is 0 Å². The quantitative estimate of drug-likeness (QED) is 0.542. The van der Waals surface area contributed by atoms with Gasteiger partial charge in [0, 0.05) is 48.9 Å². The number of hydroxylamine groups is 1. The van der Waals surface area contributed by atoms with Crippen LogP contribution in [0, 0.1) is 6.92 Å². The summed E-state index contributed by atoms with van der Waals surface area (Å²) in [6.07, 6.45) is 6.04. The van der Waals surface area contributed by atoms with Crippen LogP contribution in [0.4, 0.5) is 5.82 Å². The molecule has 1 aliphatic heterocycles. The molecule has 1 atom stereocenters. The van der Waals surface area contributed by atoms with Crippen LogP contribution < -0.4 is 21.7 Å². The number of rotatable bonds is 8. The summed E-state index contributed by atoms with van der Waals surface area (Å²) >= 11 is 0. The Morgan fingerprint density at radius 1 is 1.31 bits per heavy atom. The third-order valence-electron chi connectivity index (χ3n) is 5.34. The van der Waals surface area contributed by atoms with Gasteiger partial charge in [0.05, 0.1) is 11.4 Å². The van der Waals surface area contributed by atoms with E-state index in [0.717, 1.165) is 16.8 Å². The molecule has 9 heteroatoms. The van der Waals surface area contributed by atoms with Gasteiger partial charge in [-0.25, -0.2) is 4.98 Å². The van der Waals surface area contributed by atoms with Crippen LogP contribution in [0.3, 0.4) is 0 Å². The van der Waals surface area contributed by atoms with Gasteiger partial charge in [0.15, 0.2) is 5.82 Å². The van der Waals surface area contributed by atoms with E-state index in [4.69, 9.17) is 4.84 Å². The molecule has 0 aromatic carbocycles. The molecule has 2 aliphatic rings. The Bertz CT molecular complexity index is 1200. The molecular formula is C23H24N6O3. The lowest BCUT2D eigenvalue weighted by Gasteiger charge is -2.26. The zero-order valence-electron chi connectivity index (χ0n) is 17.7. The Morgan fingerprint density at radius 3 is 2.91 bits per heavy atom. The molecule has 1 amide bonds. The molecule has 9 nitrogen and oxygen atoms in total. The van der Waals surface area contributed by atoms with Gasteiger partial charge in [-0.3, -0.25) is 29.5 Å². The molecule has 164 valence electrons. The van der Waals surface area contributed by atoms with Crippen LogP contribution in [0.1, 0.15) is 11.4 Å². The number of allylic oxidation sites excluding steroid dienone is 1. The second kappa shape index (κ2) is 9.03. The van der Waals surface area contributed by atoms with Gasteiger partial charge < -0.3 is 10.6 Å². The highest BCUT2D eigenvalue weighted by atomic mass is 16.7. The predicted molar refractivity (Wildman–Crippen MR) is 121 cm³/mol. The maximum atomic E-state index is 13.5. The van der Waals surface area contributed by atoms with Crippen molar-refractivity contribution in [3.63, 3.8) is 0 Å². The lowest BCUT2D eigenvalue weighted by molar-refractivity contribution is -0.109. The number of fused-ring (bicyclic) bond motifs is 1. The fourth-order valence-corrected chi connectivity index (χ4v) is 3.78. The minimum atomic E-state index is -0.452. The summed E-state index contributed by atoms with van der Waals surface area (Å²) in [4.78, 5) is 38.5. The lowest BCUT2D eigenvalue weighted by atomic mass is 9.89. The van der Waals surface area contributed by atoms with Crippen molar-refractivity contribution in [3.05, 3.63) is 94.0 Å². The first-order valence-electron chi connectivity index (χ1n) is 10.2. The summed E-state index contributed by atoms with van der Waals surface area (Å²) in [5, 5.41) is 5.77. The summed E-state index contributed by atoms with van der Waals surface area (Å²) in [5.41, 5.74) is 7.25. The lowest BCUT2D eigenvalue weighted by Crippen LogP contribution is -2.31. The standard InChI is InChI=1S/C23H24N6O3/c1-14-11-27-22(26-9-7-18-6-4-5-8-25-18)23(31)29(14)21-15(2)17(12-24-13-30)10-19-20(21)16(3)28-32-19/h4-6,8,10-11,13,19,28H,2-3,7,9,12H2,1H3,(H,24,30)(H,26,27). The third-order valence-corrected chi connectivity index (χ3v) is 5.34. The number of carbonyl (C=O) groups excluding carboxylic acids is 1. The molecule has 2 aromatic rings. The van der Waals surface area contributed by atoms with Gasteiger partial charge in [-0.05, 0) is 36.3 Å². The number of pyridine rings is 1. The Balaban J connectivity index is 1.69. The van der Waals surface area contributed by atoms with E-state index in [0.29, 0.717) is 42.0 Å². The maximum Gasteiger partial charge on any atom is 0.298 e. The Morgan fingerprint density at radius 2 is 2.16 bits per heavy atom. The number of nitrogens with zero attached hydrogens (tertiary/aromatic N) is 3. The van der Waals surface area contributed by atoms with Gasteiger partial charge in [0.1, 0.15) is 6.10 Å². The highest BCUT2D eigenvalue weighted by molar-refractivity contribution is 5.81. The van der Waals surface area contributed by atoms with Gasteiger partial charge >= 0.3 is 0 Å². The number of hydrogen-bond acceptors (Lipinski definition) is 7. The van der Waals surface area contributed by atoms with E-state index in [9.17, 15) is 9.59 Å². The van der Waals surface area contributed by atoms with Crippen molar-refractivity contribution in [1.29, 1.82) is 0 Å². The minimum Gasteiger partial charge on any atom is -0.365 e. The first-order chi connectivity index (χ1) is 15.5. The normalized spacial score (nSPS) is 17.5. The number of carbonyl (C=O) groups is 1. The van der Waals surface area contributed by atoms with E-state index in [2.05, 4.69) is 39.2 Å². The van der Waals surface area contributed by atoms with E-state index in [1.165, 1.54) is 0 Å². The summed E-state index contributed by atoms with van der Waals surface area (Å²) in [6, 6.07) is 5.72. The monoisotopic (exact) mass is 432 g/mol. The van der Waals surface area contributed by atoms with Gasteiger partial charge in [0.25, 0.3) is 5.56 Å². The summed E-state index contributed by atoms with van der Waals surface area (Å²) in [5.74, 6) is 0.226. The molecule has 1 unspecified atom stereocenters. The number of aryl methyl sites for hydroxylation is 1. The number of nitrogens with one attached hydrogen (secondary N) is 3. The molecule has 0 radical (unpaired) electrons. The van der Waals surface area contributed by atoms with Crippen molar-refractivity contribution >= 4 is 17.9 Å². The van der Waals surface area contributed by atoms with Crippen LogP contribution in [0.25, 0.3) is 5.70 Å². The van der Waals surface area contributed by atoms with Crippen LogP contribution in [-0.4, -0.2) is 40.1 Å². The van der Waals surface area contributed by atoms with Crippen LogP contribution in [0.15, 0.2) is 77.0 Å². The van der Waals surface area contributed by atoms with E-state index in [1.807, 2.05) is 24.3 Å². The molecule has 4 rings (SSSR count). The molecule has 3 N–H and O–H groups in total. The number of amides is 1. The smallest absolute Gasteiger partial charge is 0.298 e. The Labute approximate surface area is 185 Å². The number of anilines is 1. The highest BCUT2D eigenvalue weighted by Gasteiger charge is 2.35. The van der Waals surface area contributed by atoms with Crippen molar-refractivity contribution in [2.24, 2.45) is 0 Å². The SMILES string of the molecule is C=C1NOC2C=C(CNC=O)C(=C)C(n3c(C)cnc(NCCc4ccccn4)c3=O)=C12. The van der Waals surface area contributed by atoms with Crippen LogP contribution in [-0.2, 0) is 16.1 Å². The predicted octanol–water partition coefficient (Wildman–Crippen LogP) is 1.47. The van der Waals surface area contributed by atoms with Crippen molar-refractivity contribution in [2.45, 2.75) is 19.4 Å². The molecular weight excluding hydrogens is 408 g/mol. The number of aromatic nitrogens is 3. The van der Waals surface area contributed by atoms with Crippen LogP contribution >= 0.6 is 0 Å². The Hall–Kier alpha value is -3.98. The van der Waals surface area contributed by atoms with E-state index < -0.39 is 6.10 Å². The van der Waals surface area contributed by atoms with Gasteiger partial charge in [-0.1, -0.05) is 19.2 Å². The molecule has 1 fully saturated rings. The van der Waals surface area contributed by atoms with E-state index in [1.54, 1.807) is 23.9 Å². The molecule has 1 aliphatic carbocycles. The third kappa shape index (κ3) is 3.97. The maximum absolute atomic E-state index is 13.5. The van der Waals surface area contributed by atoms with E-state index in [-0.39, 0.29) is 17.9 Å². The molecule has 0 spiro atoms. The highest BCUT2D eigenvalue weighted by Crippen LogP contribution is 2.38. The van der Waals surface area contributed by atoms with Crippen LogP contribution in [0.5, 0.6) is 0 Å². The number of hydrogen-bond donors (Lipinski definition) is 3. The van der Waals surface area contributed by atoms with Crippen LogP contribution in [0.2, 0.25) is 0 Å². The first-order valence-corrected chi connectivity index (χ1v) is 10.2. The zero-order chi connectivity index (χ0) is 22.7. The second-order valence-corrected chi connectivity index (χ2v) is 7.44. The zero-order valence-corrected chi connectivity index (χ0v) is 17.7. The fraction of sp³-hybridized carbons (Fsp3) is 0.217. The molecule has 3 heterocycles. The molecule has 2 aromatic heterocycles. The van der Waals surface area contributed by atoms with Gasteiger partial charge in [0.2, 0.25) is 6.41 Å². The molecule has 0 bridgehead atoms. The molecule has 1 saturated heterocycles. The summed E-state index contributed by atoms with van der Waals surface area (Å²) in [7, 11) is 0. The average molecular weight is 432 g/mol. The van der Waals surface area contributed by atoms with E-state index >= 15 is 0 Å². The average Bonchev–Trinajstić information content (AvgIpc) is 3.16. The summed E-state index contributed by atoms with van der Waals surface area (Å²) < 4.78 is 1.57. The molecule has 0 saturated carbocycles. The topological polar surface area (TPSA) is 110 Å². The largest absolute Gasteiger partial charge is 0.365 e. The van der Waals surface area contributed by atoms with Crippen molar-refractivity contribution in [3.8, 4) is 0 Å². The van der Waals surface area contributed by atoms with Crippen molar-refractivity contribution in [2.75, 3.05) is 18.4 Å². The minimum absolute atomic E-state index is 0.226. The van der Waals surface area contributed by atoms with Gasteiger partial charge in [-0.15, -0.1) is 0 Å². The second-order valence-electron chi connectivity index (χ2n) is 7.44. The molecule has 32 heavy (non-hydrogen) atoms. The van der Waals surface area contributed by atoms with Crippen molar-refractivity contribution < 1.29 is 9.63 Å². The summed E-state index contributed by atoms with van der Waals surface area (Å²) in [6.45, 7) is 10.8. The fourth-order valence-electron chi connectivity index (χ4n) is 3.78.